The number of rotatable bonds is 8. The first-order chi connectivity index (χ1) is 11.5. The van der Waals surface area contributed by atoms with Crippen molar-refractivity contribution in [2.75, 3.05) is 6.54 Å². The lowest BCUT2D eigenvalue weighted by Crippen LogP contribution is -2.32. The van der Waals surface area contributed by atoms with Crippen molar-refractivity contribution in [1.82, 2.24) is 20.2 Å². The van der Waals surface area contributed by atoms with Crippen molar-refractivity contribution in [2.24, 2.45) is 5.92 Å². The lowest BCUT2D eigenvalue weighted by atomic mass is 10.2. The first-order valence-corrected chi connectivity index (χ1v) is 8.48. The molecule has 0 atom stereocenters. The van der Waals surface area contributed by atoms with Gasteiger partial charge in [-0.2, -0.15) is 0 Å². The molecule has 0 saturated carbocycles. The Hall–Kier alpha value is -2.37. The van der Waals surface area contributed by atoms with E-state index < -0.39 is 0 Å². The summed E-state index contributed by atoms with van der Waals surface area (Å²) < 4.78 is 1.87. The Balaban J connectivity index is 2.17. The number of nitrogens with zero attached hydrogens (tertiary/aromatic N) is 2. The number of para-hydroxylation sites is 2. The zero-order valence-corrected chi connectivity index (χ0v) is 14.6. The minimum atomic E-state index is -0.0482. The summed E-state index contributed by atoms with van der Waals surface area (Å²) in [5.41, 5.74) is 1.73. The van der Waals surface area contributed by atoms with Crippen molar-refractivity contribution < 1.29 is 9.59 Å². The van der Waals surface area contributed by atoms with Crippen LogP contribution in [0.15, 0.2) is 24.3 Å². The maximum absolute atomic E-state index is 12.2. The average Bonchev–Trinajstić information content (AvgIpc) is 2.89. The molecule has 0 radical (unpaired) electrons. The Kier molecular flexibility index (Phi) is 6.35. The third kappa shape index (κ3) is 4.81. The molecule has 0 saturated heterocycles. The van der Waals surface area contributed by atoms with Crippen molar-refractivity contribution in [2.45, 2.75) is 46.7 Å². The first kappa shape index (κ1) is 18.0. The largest absolute Gasteiger partial charge is 0.354 e. The minimum absolute atomic E-state index is 0.000338. The van der Waals surface area contributed by atoms with Crippen LogP contribution in [0.5, 0.6) is 0 Å². The second-order valence-corrected chi connectivity index (χ2v) is 6.33. The van der Waals surface area contributed by atoms with Crippen LogP contribution in [0.4, 0.5) is 0 Å². The highest BCUT2D eigenvalue weighted by Crippen LogP contribution is 2.16. The summed E-state index contributed by atoms with van der Waals surface area (Å²) in [7, 11) is 0. The molecule has 0 aliphatic heterocycles. The fraction of sp³-hybridized carbons (Fsp3) is 0.500. The van der Waals surface area contributed by atoms with Crippen molar-refractivity contribution in [3.63, 3.8) is 0 Å². The van der Waals surface area contributed by atoms with Gasteiger partial charge in [0.25, 0.3) is 0 Å². The molecule has 1 aromatic heterocycles. The van der Waals surface area contributed by atoms with Crippen LogP contribution >= 0.6 is 0 Å². The summed E-state index contributed by atoms with van der Waals surface area (Å²) in [5, 5.41) is 5.79. The predicted molar refractivity (Wildman–Crippen MR) is 94.3 cm³/mol. The molecule has 130 valence electrons. The molecule has 2 N–H and O–H groups in total. The molecule has 0 aliphatic carbocycles. The van der Waals surface area contributed by atoms with Crippen LogP contribution in [0, 0.1) is 5.92 Å². The predicted octanol–water partition coefficient (Wildman–Crippen LogP) is 2.22. The van der Waals surface area contributed by atoms with Gasteiger partial charge < -0.3 is 15.2 Å². The topological polar surface area (TPSA) is 76.0 Å². The van der Waals surface area contributed by atoms with E-state index in [2.05, 4.69) is 29.5 Å². The molecule has 24 heavy (non-hydrogen) atoms. The summed E-state index contributed by atoms with van der Waals surface area (Å²) >= 11 is 0. The zero-order valence-electron chi connectivity index (χ0n) is 14.6. The van der Waals surface area contributed by atoms with Crippen LogP contribution < -0.4 is 10.6 Å². The van der Waals surface area contributed by atoms with E-state index in [1.807, 2.05) is 35.8 Å². The van der Waals surface area contributed by atoms with Crippen molar-refractivity contribution in [3.8, 4) is 0 Å². The summed E-state index contributed by atoms with van der Waals surface area (Å²) in [4.78, 5) is 28.5. The molecule has 0 aliphatic rings. The monoisotopic (exact) mass is 330 g/mol. The lowest BCUT2D eigenvalue weighted by molar-refractivity contribution is -0.122. The molecule has 2 rings (SSSR count). The van der Waals surface area contributed by atoms with E-state index in [1.165, 1.54) is 0 Å². The summed E-state index contributed by atoms with van der Waals surface area (Å²) in [6.07, 6.45) is 1.30. The molecule has 0 spiro atoms. The number of imidazole rings is 1. The van der Waals surface area contributed by atoms with E-state index in [1.54, 1.807) is 0 Å². The Morgan fingerprint density at radius 2 is 1.92 bits per heavy atom. The molecule has 2 amide bonds. The van der Waals surface area contributed by atoms with Crippen LogP contribution in [-0.4, -0.2) is 27.9 Å². The molecular weight excluding hydrogens is 304 g/mol. The molecule has 0 fully saturated rings. The van der Waals surface area contributed by atoms with Gasteiger partial charge in [-0.3, -0.25) is 9.59 Å². The van der Waals surface area contributed by atoms with E-state index in [9.17, 15) is 9.59 Å². The van der Waals surface area contributed by atoms with Crippen LogP contribution in [-0.2, 0) is 22.7 Å². The van der Waals surface area contributed by atoms with E-state index >= 15 is 0 Å². The maximum atomic E-state index is 12.2. The fourth-order valence-corrected chi connectivity index (χ4v) is 2.45. The lowest BCUT2D eigenvalue weighted by Gasteiger charge is -2.11. The number of hydrogen-bond donors (Lipinski definition) is 2. The number of carbonyl (C=O) groups is 2. The smallest absolute Gasteiger partial charge is 0.240 e. The highest BCUT2D eigenvalue weighted by atomic mass is 16.2. The highest BCUT2D eigenvalue weighted by Gasteiger charge is 2.14. The van der Waals surface area contributed by atoms with Crippen molar-refractivity contribution in [1.29, 1.82) is 0 Å². The number of nitrogens with one attached hydrogen (secondary N) is 2. The van der Waals surface area contributed by atoms with Gasteiger partial charge in [-0.05, 0) is 24.5 Å². The highest BCUT2D eigenvalue weighted by molar-refractivity contribution is 5.81. The zero-order chi connectivity index (χ0) is 17.5. The number of carbonyl (C=O) groups excluding carboxylic acids is 2. The van der Waals surface area contributed by atoms with Gasteiger partial charge in [0.15, 0.2) is 0 Å². The van der Waals surface area contributed by atoms with Gasteiger partial charge in [-0.25, -0.2) is 4.98 Å². The summed E-state index contributed by atoms with van der Waals surface area (Å²) in [6, 6.07) is 7.69. The summed E-state index contributed by atoms with van der Waals surface area (Å²) in [6.45, 7) is 7.25. The number of benzene rings is 1. The number of fused-ring (bicyclic) bond motifs is 1. The Morgan fingerprint density at radius 1 is 1.17 bits per heavy atom. The second kappa shape index (κ2) is 8.47. The molecule has 6 heteroatoms. The van der Waals surface area contributed by atoms with Crippen molar-refractivity contribution >= 4 is 22.8 Å². The van der Waals surface area contributed by atoms with E-state index in [0.717, 1.165) is 17.5 Å². The fourth-order valence-electron chi connectivity index (χ4n) is 2.45. The Labute approximate surface area is 142 Å². The average molecular weight is 330 g/mol. The normalized spacial score (nSPS) is 11.0. The van der Waals surface area contributed by atoms with E-state index in [4.69, 9.17) is 0 Å². The number of aromatic nitrogens is 2. The van der Waals surface area contributed by atoms with Crippen LogP contribution in [0.25, 0.3) is 11.0 Å². The van der Waals surface area contributed by atoms with Crippen LogP contribution in [0.2, 0.25) is 0 Å². The Morgan fingerprint density at radius 3 is 2.62 bits per heavy atom. The van der Waals surface area contributed by atoms with Gasteiger partial charge in [0.1, 0.15) is 12.4 Å². The number of amides is 2. The van der Waals surface area contributed by atoms with Gasteiger partial charge in [0, 0.05) is 13.0 Å². The third-order valence-electron chi connectivity index (χ3n) is 3.66. The van der Waals surface area contributed by atoms with E-state index in [0.29, 0.717) is 31.3 Å². The SMILES string of the molecule is CCCC(=O)NCc1nc2ccccc2n1CC(=O)NCC(C)C. The second-order valence-electron chi connectivity index (χ2n) is 6.33. The van der Waals surface area contributed by atoms with Crippen molar-refractivity contribution in [3.05, 3.63) is 30.1 Å². The quantitative estimate of drug-likeness (QED) is 0.779. The molecule has 0 unspecified atom stereocenters. The maximum Gasteiger partial charge on any atom is 0.240 e. The van der Waals surface area contributed by atoms with Crippen LogP contribution in [0.3, 0.4) is 0 Å². The van der Waals surface area contributed by atoms with Gasteiger partial charge in [-0.15, -0.1) is 0 Å². The molecule has 2 aromatic rings. The Bertz CT molecular complexity index is 706. The minimum Gasteiger partial charge on any atom is -0.354 e. The molecular formula is C18H26N4O2. The standard InChI is InChI=1S/C18H26N4O2/c1-4-7-17(23)20-11-16-21-14-8-5-6-9-15(14)22(16)12-18(24)19-10-13(2)3/h5-6,8-9,13H,4,7,10-12H2,1-3H3,(H,19,24)(H,20,23). The van der Waals surface area contributed by atoms with E-state index in [-0.39, 0.29) is 18.4 Å². The van der Waals surface area contributed by atoms with Gasteiger partial charge in [-0.1, -0.05) is 32.9 Å². The number of hydrogen-bond acceptors (Lipinski definition) is 3. The molecule has 6 nitrogen and oxygen atoms in total. The third-order valence-corrected chi connectivity index (χ3v) is 3.66. The van der Waals surface area contributed by atoms with Gasteiger partial charge >= 0.3 is 0 Å². The molecule has 1 heterocycles. The van der Waals surface area contributed by atoms with Crippen LogP contribution in [0.1, 0.15) is 39.4 Å². The van der Waals surface area contributed by atoms with Gasteiger partial charge in [0.05, 0.1) is 17.6 Å². The molecule has 0 bridgehead atoms. The molecule has 1 aromatic carbocycles. The summed E-state index contributed by atoms with van der Waals surface area (Å²) in [5.74, 6) is 1.05. The first-order valence-electron chi connectivity index (χ1n) is 8.48. The van der Waals surface area contributed by atoms with Gasteiger partial charge in [0.2, 0.25) is 11.8 Å².